The minimum absolute atomic E-state index is 0.204. The van der Waals surface area contributed by atoms with Crippen molar-refractivity contribution in [3.05, 3.63) is 58.0 Å². The van der Waals surface area contributed by atoms with Crippen molar-refractivity contribution in [1.29, 1.82) is 0 Å². The number of hydrogen-bond donors (Lipinski definition) is 3. The van der Waals surface area contributed by atoms with Gasteiger partial charge in [-0.1, -0.05) is 0 Å². The molecule has 114 valence electrons. The minimum Gasteiger partial charge on any atom is -0.504 e. The monoisotopic (exact) mass is 301 g/mol. The normalized spacial score (nSPS) is 11.0. The lowest BCUT2D eigenvalue weighted by Gasteiger charge is -2.08. The van der Waals surface area contributed by atoms with Gasteiger partial charge in [-0.05, 0) is 37.3 Å². The number of phenolic OH excluding ortho intramolecular Hbond substituents is 2. The number of benzene rings is 1. The Kier molecular flexibility index (Phi) is 4.31. The van der Waals surface area contributed by atoms with Crippen LogP contribution in [0.3, 0.4) is 0 Å². The molecule has 6 heteroatoms. The smallest absolute Gasteiger partial charge is 0.223 e. The second-order valence-electron chi connectivity index (χ2n) is 4.63. The third-order valence-electron chi connectivity index (χ3n) is 3.15. The molecule has 1 aromatic carbocycles. The summed E-state index contributed by atoms with van der Waals surface area (Å²) in [6, 6.07) is 4.99. The summed E-state index contributed by atoms with van der Waals surface area (Å²) in [6.07, 6.45) is 4.01. The number of carbonyl (C=O) groups is 1. The third-order valence-corrected chi connectivity index (χ3v) is 3.15. The van der Waals surface area contributed by atoms with Crippen LogP contribution in [0.25, 0.3) is 6.08 Å². The molecule has 2 rings (SSSR count). The molecule has 6 nitrogen and oxygen atoms in total. The lowest BCUT2D eigenvalue weighted by molar-refractivity contribution is 0.104. The topological polar surface area (TPSA) is 99.8 Å². The van der Waals surface area contributed by atoms with E-state index in [0.29, 0.717) is 12.2 Å². The fourth-order valence-corrected chi connectivity index (χ4v) is 1.93. The molecule has 1 aromatic heterocycles. The summed E-state index contributed by atoms with van der Waals surface area (Å²) in [6.45, 7) is 2.35. The highest BCUT2D eigenvalue weighted by atomic mass is 16.3. The van der Waals surface area contributed by atoms with E-state index in [1.807, 2.05) is 6.92 Å². The van der Waals surface area contributed by atoms with E-state index in [1.54, 1.807) is 4.57 Å². The molecule has 0 bridgehead atoms. The van der Waals surface area contributed by atoms with Gasteiger partial charge in [0.05, 0.1) is 6.20 Å². The zero-order valence-corrected chi connectivity index (χ0v) is 11.9. The van der Waals surface area contributed by atoms with Gasteiger partial charge in [-0.2, -0.15) is 0 Å². The maximum absolute atomic E-state index is 12.0. The van der Waals surface area contributed by atoms with E-state index in [4.69, 9.17) is 0 Å². The maximum Gasteiger partial charge on any atom is 0.223 e. The highest BCUT2D eigenvalue weighted by Crippen LogP contribution is 2.25. The quantitative estimate of drug-likeness (QED) is 0.455. The van der Waals surface area contributed by atoms with E-state index in [0.717, 1.165) is 6.07 Å². The Morgan fingerprint density at radius 3 is 2.50 bits per heavy atom. The summed E-state index contributed by atoms with van der Waals surface area (Å²) in [5.41, 5.74) is 0.149. The number of aryl methyl sites for hydroxylation is 1. The maximum atomic E-state index is 12.0. The second-order valence-corrected chi connectivity index (χ2v) is 4.63. The van der Waals surface area contributed by atoms with Gasteiger partial charge in [-0.3, -0.25) is 9.59 Å². The summed E-state index contributed by atoms with van der Waals surface area (Å²) >= 11 is 0. The Morgan fingerprint density at radius 1 is 1.14 bits per heavy atom. The molecule has 2 aromatic rings. The molecule has 0 saturated carbocycles. The number of rotatable bonds is 4. The van der Waals surface area contributed by atoms with Crippen LogP contribution in [0, 0.1) is 0 Å². The van der Waals surface area contributed by atoms with Crippen LogP contribution in [0.4, 0.5) is 0 Å². The first kappa shape index (κ1) is 15.4. The van der Waals surface area contributed by atoms with Gasteiger partial charge in [0.15, 0.2) is 23.0 Å². The van der Waals surface area contributed by atoms with Crippen molar-refractivity contribution in [3.63, 3.8) is 0 Å². The van der Waals surface area contributed by atoms with Crippen molar-refractivity contribution in [2.45, 2.75) is 13.5 Å². The van der Waals surface area contributed by atoms with Crippen molar-refractivity contribution in [1.82, 2.24) is 4.57 Å². The molecule has 0 unspecified atom stereocenters. The molecule has 0 radical (unpaired) electrons. The molecule has 0 amide bonds. The number of hydrogen-bond acceptors (Lipinski definition) is 5. The predicted octanol–water partition coefficient (Wildman–Crippen LogP) is 1.88. The van der Waals surface area contributed by atoms with Gasteiger partial charge in [0, 0.05) is 23.9 Å². The summed E-state index contributed by atoms with van der Waals surface area (Å²) in [5, 5.41) is 28.0. The first-order valence-corrected chi connectivity index (χ1v) is 6.60. The van der Waals surface area contributed by atoms with Crippen LogP contribution < -0.4 is 5.43 Å². The fourth-order valence-electron chi connectivity index (χ4n) is 1.93. The molecule has 0 aliphatic carbocycles. The zero-order valence-electron chi connectivity index (χ0n) is 11.9. The number of aromatic hydroxyl groups is 3. The molecular formula is C16H15NO5. The Balaban J connectivity index is 2.31. The van der Waals surface area contributed by atoms with E-state index in [-0.39, 0.29) is 22.8 Å². The fraction of sp³-hybridized carbons (Fsp3) is 0.125. The minimum atomic E-state index is -0.529. The molecular weight excluding hydrogens is 286 g/mol. The van der Waals surface area contributed by atoms with Crippen LogP contribution in [-0.4, -0.2) is 25.7 Å². The van der Waals surface area contributed by atoms with Crippen LogP contribution >= 0.6 is 0 Å². The summed E-state index contributed by atoms with van der Waals surface area (Å²) in [7, 11) is 0. The van der Waals surface area contributed by atoms with E-state index in [9.17, 15) is 24.9 Å². The SMILES string of the molecule is CCn1cc(O)c(=O)cc1/C=C/C(=O)c1ccc(O)c(O)c1. The number of nitrogens with zero attached hydrogens (tertiary/aromatic N) is 1. The first-order chi connectivity index (χ1) is 10.4. The standard InChI is InChI=1S/C16H15NO5/c1-2-17-9-16(22)15(21)8-11(17)4-6-12(18)10-3-5-13(19)14(20)7-10/h3-9,19-20,22H,2H2,1H3/b6-4+. The summed E-state index contributed by atoms with van der Waals surface area (Å²) < 4.78 is 1.62. The van der Waals surface area contributed by atoms with Gasteiger partial charge in [0.25, 0.3) is 0 Å². The molecule has 0 spiro atoms. The average Bonchev–Trinajstić information content (AvgIpc) is 2.50. The Hall–Kier alpha value is -3.02. The van der Waals surface area contributed by atoms with Gasteiger partial charge in [-0.15, -0.1) is 0 Å². The number of carbonyl (C=O) groups excluding carboxylic acids is 1. The van der Waals surface area contributed by atoms with Gasteiger partial charge in [0.1, 0.15) is 0 Å². The first-order valence-electron chi connectivity index (χ1n) is 6.60. The van der Waals surface area contributed by atoms with Crippen LogP contribution in [0.5, 0.6) is 17.2 Å². The number of allylic oxidation sites excluding steroid dienone is 1. The number of ketones is 1. The number of pyridine rings is 1. The molecule has 22 heavy (non-hydrogen) atoms. The highest BCUT2D eigenvalue weighted by molar-refractivity contribution is 6.07. The Bertz CT molecular complexity index is 805. The van der Waals surface area contributed by atoms with Crippen LogP contribution in [0.15, 0.2) is 41.3 Å². The van der Waals surface area contributed by atoms with E-state index in [1.165, 1.54) is 36.5 Å². The highest BCUT2D eigenvalue weighted by Gasteiger charge is 2.07. The van der Waals surface area contributed by atoms with E-state index in [2.05, 4.69) is 0 Å². The van der Waals surface area contributed by atoms with Crippen LogP contribution in [-0.2, 0) is 6.54 Å². The van der Waals surface area contributed by atoms with Crippen molar-refractivity contribution in [2.24, 2.45) is 0 Å². The molecule has 3 N–H and O–H groups in total. The van der Waals surface area contributed by atoms with Gasteiger partial charge in [0.2, 0.25) is 5.43 Å². The van der Waals surface area contributed by atoms with E-state index >= 15 is 0 Å². The lowest BCUT2D eigenvalue weighted by atomic mass is 10.1. The molecule has 1 heterocycles. The molecule has 0 saturated heterocycles. The zero-order chi connectivity index (χ0) is 16.3. The third kappa shape index (κ3) is 3.17. The van der Waals surface area contributed by atoms with Crippen molar-refractivity contribution in [2.75, 3.05) is 0 Å². The van der Waals surface area contributed by atoms with Crippen molar-refractivity contribution in [3.8, 4) is 17.2 Å². The average molecular weight is 301 g/mol. The van der Waals surface area contributed by atoms with Crippen LogP contribution in [0.2, 0.25) is 0 Å². The molecule has 0 atom stereocenters. The Labute approximate surface area is 126 Å². The molecule has 0 fully saturated rings. The van der Waals surface area contributed by atoms with E-state index < -0.39 is 11.2 Å². The lowest BCUT2D eigenvalue weighted by Crippen LogP contribution is -2.08. The number of phenols is 2. The predicted molar refractivity (Wildman–Crippen MR) is 81.2 cm³/mol. The van der Waals surface area contributed by atoms with Gasteiger partial charge >= 0.3 is 0 Å². The largest absolute Gasteiger partial charge is 0.504 e. The Morgan fingerprint density at radius 2 is 1.86 bits per heavy atom. The number of aromatic nitrogens is 1. The summed E-state index contributed by atoms with van der Waals surface area (Å²) in [4.78, 5) is 23.5. The van der Waals surface area contributed by atoms with Crippen molar-refractivity contribution < 1.29 is 20.1 Å². The van der Waals surface area contributed by atoms with Gasteiger partial charge < -0.3 is 19.9 Å². The second kappa shape index (κ2) is 6.17. The molecule has 0 aliphatic rings. The van der Waals surface area contributed by atoms with Gasteiger partial charge in [-0.25, -0.2) is 0 Å². The molecule has 0 aliphatic heterocycles. The van der Waals surface area contributed by atoms with Crippen LogP contribution in [0.1, 0.15) is 23.0 Å². The summed E-state index contributed by atoms with van der Waals surface area (Å²) in [5.74, 6) is -1.43. The van der Waals surface area contributed by atoms with Crippen molar-refractivity contribution >= 4 is 11.9 Å².